The number of hydrogen-bond acceptors (Lipinski definition) is 2. The average Bonchev–Trinajstić information content (AvgIpc) is 2.54. The van der Waals surface area contributed by atoms with Gasteiger partial charge in [-0.05, 0) is 20.4 Å². The summed E-state index contributed by atoms with van der Waals surface area (Å²) in [6, 6.07) is 0.494. The van der Waals surface area contributed by atoms with Gasteiger partial charge in [-0.1, -0.05) is 6.92 Å². The zero-order valence-electron chi connectivity index (χ0n) is 8.75. The van der Waals surface area contributed by atoms with E-state index in [0.717, 1.165) is 19.4 Å². The Labute approximate surface area is 80.2 Å². The Morgan fingerprint density at radius 3 is 3.00 bits per heavy atom. The van der Waals surface area contributed by atoms with Crippen molar-refractivity contribution in [3.63, 3.8) is 0 Å². The molecule has 1 heterocycles. The standard InChI is InChI=1S/C10H19N3/c1-4-5-10-12-6-7-13(10)9(2)8-11-3/h6-7,9,11H,4-5,8H2,1-3H3. The summed E-state index contributed by atoms with van der Waals surface area (Å²) < 4.78 is 2.25. The topological polar surface area (TPSA) is 29.9 Å². The Balaban J connectivity index is 2.68. The first-order chi connectivity index (χ1) is 6.29. The molecule has 0 radical (unpaired) electrons. The van der Waals surface area contributed by atoms with E-state index in [-0.39, 0.29) is 0 Å². The molecule has 1 aromatic heterocycles. The molecule has 0 fully saturated rings. The van der Waals surface area contributed by atoms with Crippen molar-refractivity contribution < 1.29 is 0 Å². The van der Waals surface area contributed by atoms with E-state index < -0.39 is 0 Å². The van der Waals surface area contributed by atoms with Crippen LogP contribution in [0.1, 0.15) is 32.1 Å². The number of aryl methyl sites for hydroxylation is 1. The molecule has 0 aliphatic heterocycles. The maximum atomic E-state index is 4.34. The van der Waals surface area contributed by atoms with Gasteiger partial charge in [-0.3, -0.25) is 0 Å². The largest absolute Gasteiger partial charge is 0.331 e. The number of hydrogen-bond donors (Lipinski definition) is 1. The maximum Gasteiger partial charge on any atom is 0.108 e. The molecule has 1 unspecified atom stereocenters. The monoisotopic (exact) mass is 181 g/mol. The van der Waals surface area contributed by atoms with Crippen LogP contribution in [-0.2, 0) is 6.42 Å². The van der Waals surface area contributed by atoms with Crippen molar-refractivity contribution in [1.29, 1.82) is 0 Å². The number of rotatable bonds is 5. The number of nitrogens with zero attached hydrogens (tertiary/aromatic N) is 2. The van der Waals surface area contributed by atoms with Gasteiger partial charge >= 0.3 is 0 Å². The fourth-order valence-electron chi connectivity index (χ4n) is 1.56. The first-order valence-electron chi connectivity index (χ1n) is 4.95. The third-order valence-electron chi connectivity index (χ3n) is 2.20. The van der Waals surface area contributed by atoms with Gasteiger partial charge in [0, 0.05) is 31.4 Å². The molecule has 13 heavy (non-hydrogen) atoms. The fraction of sp³-hybridized carbons (Fsp3) is 0.700. The molecule has 0 saturated heterocycles. The van der Waals surface area contributed by atoms with Crippen LogP contribution in [0.3, 0.4) is 0 Å². The van der Waals surface area contributed by atoms with Crippen LogP contribution in [-0.4, -0.2) is 23.1 Å². The van der Waals surface area contributed by atoms with Crippen LogP contribution in [0.15, 0.2) is 12.4 Å². The highest BCUT2D eigenvalue weighted by Gasteiger charge is 2.07. The van der Waals surface area contributed by atoms with Gasteiger partial charge in [-0.25, -0.2) is 4.98 Å². The van der Waals surface area contributed by atoms with E-state index in [0.29, 0.717) is 6.04 Å². The van der Waals surface area contributed by atoms with Crippen LogP contribution in [0.25, 0.3) is 0 Å². The minimum absolute atomic E-state index is 0.494. The lowest BCUT2D eigenvalue weighted by atomic mass is 10.3. The van der Waals surface area contributed by atoms with Crippen molar-refractivity contribution >= 4 is 0 Å². The highest BCUT2D eigenvalue weighted by atomic mass is 15.1. The maximum absolute atomic E-state index is 4.34. The molecule has 0 amide bonds. The third-order valence-corrected chi connectivity index (χ3v) is 2.20. The smallest absolute Gasteiger partial charge is 0.108 e. The van der Waals surface area contributed by atoms with E-state index in [1.807, 2.05) is 13.2 Å². The van der Waals surface area contributed by atoms with Gasteiger partial charge in [-0.2, -0.15) is 0 Å². The summed E-state index contributed by atoms with van der Waals surface area (Å²) >= 11 is 0. The van der Waals surface area contributed by atoms with E-state index in [4.69, 9.17) is 0 Å². The highest BCUT2D eigenvalue weighted by molar-refractivity contribution is 4.95. The van der Waals surface area contributed by atoms with Gasteiger partial charge < -0.3 is 9.88 Å². The summed E-state index contributed by atoms with van der Waals surface area (Å²) in [6.07, 6.45) is 6.18. The lowest BCUT2D eigenvalue weighted by Gasteiger charge is -2.15. The van der Waals surface area contributed by atoms with Crippen molar-refractivity contribution in [3.05, 3.63) is 18.2 Å². The van der Waals surface area contributed by atoms with Crippen LogP contribution >= 0.6 is 0 Å². The number of aromatic nitrogens is 2. The molecule has 1 atom stereocenters. The lowest BCUT2D eigenvalue weighted by molar-refractivity contribution is 0.497. The molecule has 0 bridgehead atoms. The van der Waals surface area contributed by atoms with Crippen molar-refractivity contribution in [2.45, 2.75) is 32.7 Å². The molecule has 3 heteroatoms. The van der Waals surface area contributed by atoms with Gasteiger partial charge in [0.1, 0.15) is 5.82 Å². The molecule has 0 aliphatic carbocycles. The van der Waals surface area contributed by atoms with E-state index in [2.05, 4.69) is 34.9 Å². The van der Waals surface area contributed by atoms with Gasteiger partial charge in [0.15, 0.2) is 0 Å². The summed E-state index contributed by atoms with van der Waals surface area (Å²) in [7, 11) is 1.98. The summed E-state index contributed by atoms with van der Waals surface area (Å²) in [5, 5.41) is 3.18. The highest BCUT2D eigenvalue weighted by Crippen LogP contribution is 2.09. The second-order valence-corrected chi connectivity index (χ2v) is 3.41. The quantitative estimate of drug-likeness (QED) is 0.748. The van der Waals surface area contributed by atoms with E-state index >= 15 is 0 Å². The molecule has 74 valence electrons. The molecular weight excluding hydrogens is 162 g/mol. The zero-order chi connectivity index (χ0) is 9.68. The zero-order valence-corrected chi connectivity index (χ0v) is 8.75. The molecule has 1 rings (SSSR count). The van der Waals surface area contributed by atoms with Crippen molar-refractivity contribution in [2.75, 3.05) is 13.6 Å². The Kier molecular flexibility index (Phi) is 3.96. The normalized spacial score (nSPS) is 13.2. The number of nitrogens with one attached hydrogen (secondary N) is 1. The third kappa shape index (κ3) is 2.56. The second-order valence-electron chi connectivity index (χ2n) is 3.41. The SMILES string of the molecule is CCCc1nccn1C(C)CNC. The van der Waals surface area contributed by atoms with Gasteiger partial charge in [0.05, 0.1) is 0 Å². The molecular formula is C10H19N3. The predicted octanol–water partition coefficient (Wildman–Crippen LogP) is 1.62. The van der Waals surface area contributed by atoms with Crippen LogP contribution < -0.4 is 5.32 Å². The summed E-state index contributed by atoms with van der Waals surface area (Å²) in [4.78, 5) is 4.34. The van der Waals surface area contributed by atoms with Crippen molar-refractivity contribution in [1.82, 2.24) is 14.9 Å². The van der Waals surface area contributed by atoms with Gasteiger partial charge in [-0.15, -0.1) is 0 Å². The minimum Gasteiger partial charge on any atom is -0.331 e. The van der Waals surface area contributed by atoms with Crippen molar-refractivity contribution in [2.24, 2.45) is 0 Å². The Morgan fingerprint density at radius 2 is 2.38 bits per heavy atom. The van der Waals surface area contributed by atoms with Crippen LogP contribution in [0.4, 0.5) is 0 Å². The molecule has 1 N–H and O–H groups in total. The first kappa shape index (κ1) is 10.3. The van der Waals surface area contributed by atoms with Crippen LogP contribution in [0, 0.1) is 0 Å². The minimum atomic E-state index is 0.494. The summed E-state index contributed by atoms with van der Waals surface area (Å²) in [6.45, 7) is 5.38. The molecule has 0 spiro atoms. The van der Waals surface area contributed by atoms with E-state index in [9.17, 15) is 0 Å². The number of likely N-dealkylation sites (N-methyl/N-ethyl adjacent to an activating group) is 1. The first-order valence-corrected chi connectivity index (χ1v) is 4.95. The Hall–Kier alpha value is -0.830. The average molecular weight is 181 g/mol. The van der Waals surface area contributed by atoms with Crippen LogP contribution in [0.2, 0.25) is 0 Å². The van der Waals surface area contributed by atoms with Gasteiger partial charge in [0.25, 0.3) is 0 Å². The summed E-state index contributed by atoms with van der Waals surface area (Å²) in [5.41, 5.74) is 0. The van der Waals surface area contributed by atoms with E-state index in [1.54, 1.807) is 0 Å². The number of imidazole rings is 1. The Bertz CT molecular complexity index is 242. The molecule has 0 aromatic carbocycles. The van der Waals surface area contributed by atoms with Crippen molar-refractivity contribution in [3.8, 4) is 0 Å². The molecule has 0 saturated carbocycles. The van der Waals surface area contributed by atoms with Crippen LogP contribution in [0.5, 0.6) is 0 Å². The molecule has 3 nitrogen and oxygen atoms in total. The van der Waals surface area contributed by atoms with Gasteiger partial charge in [0.2, 0.25) is 0 Å². The lowest BCUT2D eigenvalue weighted by Crippen LogP contribution is -2.20. The summed E-state index contributed by atoms with van der Waals surface area (Å²) in [5.74, 6) is 1.20. The Morgan fingerprint density at radius 1 is 1.62 bits per heavy atom. The second kappa shape index (κ2) is 5.02. The molecule has 0 aliphatic rings. The predicted molar refractivity (Wildman–Crippen MR) is 54.9 cm³/mol. The molecule has 1 aromatic rings. The fourth-order valence-corrected chi connectivity index (χ4v) is 1.56. The van der Waals surface area contributed by atoms with E-state index in [1.165, 1.54) is 5.82 Å².